The van der Waals surface area contributed by atoms with Gasteiger partial charge in [0.2, 0.25) is 10.0 Å². The zero-order valence-corrected chi connectivity index (χ0v) is 13.9. The van der Waals surface area contributed by atoms with E-state index in [4.69, 9.17) is 9.88 Å². The van der Waals surface area contributed by atoms with Crippen LogP contribution in [0.1, 0.15) is 10.4 Å². The molecule has 0 fully saturated rings. The van der Waals surface area contributed by atoms with Gasteiger partial charge in [-0.2, -0.15) is 0 Å². The topological polar surface area (TPSA) is 86.5 Å². The summed E-state index contributed by atoms with van der Waals surface area (Å²) >= 11 is 1.13. The van der Waals surface area contributed by atoms with Crippen LogP contribution in [0.15, 0.2) is 52.3 Å². The predicted molar refractivity (Wildman–Crippen MR) is 85.2 cm³/mol. The number of rotatable bonds is 6. The van der Waals surface area contributed by atoms with Gasteiger partial charge >= 0.3 is 5.97 Å². The van der Waals surface area contributed by atoms with Gasteiger partial charge in [-0.1, -0.05) is 12.1 Å². The number of ether oxygens (including phenoxy) is 1. The fraction of sp³-hybridized carbons (Fsp3) is 0.133. The van der Waals surface area contributed by atoms with Crippen LogP contribution in [0.5, 0.6) is 0 Å². The summed E-state index contributed by atoms with van der Waals surface area (Å²) in [5, 5.41) is 4.93. The molecular formula is C15H13F2NO4S2. The number of thioether (sulfide) groups is 1. The lowest BCUT2D eigenvalue weighted by Gasteiger charge is -2.07. The summed E-state index contributed by atoms with van der Waals surface area (Å²) in [6.45, 7) is -0.100. The highest BCUT2D eigenvalue weighted by molar-refractivity contribution is 7.99. The molecule has 0 aromatic heterocycles. The number of primary sulfonamides is 1. The number of esters is 1. The fourth-order valence-corrected chi connectivity index (χ4v) is 3.07. The second-order valence-electron chi connectivity index (χ2n) is 4.60. The van der Waals surface area contributed by atoms with Crippen LogP contribution in [-0.4, -0.2) is 26.7 Å². The number of carbonyl (C=O) groups excluding carboxylic acids is 1. The average molecular weight is 373 g/mol. The lowest BCUT2D eigenvalue weighted by Crippen LogP contribution is -2.15. The van der Waals surface area contributed by atoms with Crippen LogP contribution in [0.2, 0.25) is 0 Å². The molecule has 0 saturated carbocycles. The zero-order valence-electron chi connectivity index (χ0n) is 12.2. The molecule has 0 aliphatic carbocycles. The Morgan fingerprint density at radius 3 is 2.50 bits per heavy atom. The lowest BCUT2D eigenvalue weighted by atomic mass is 10.2. The van der Waals surface area contributed by atoms with Gasteiger partial charge in [-0.3, -0.25) is 0 Å². The Morgan fingerprint density at radius 1 is 1.12 bits per heavy atom. The number of sulfonamides is 1. The molecule has 128 valence electrons. The van der Waals surface area contributed by atoms with Crippen molar-refractivity contribution in [3.63, 3.8) is 0 Å². The van der Waals surface area contributed by atoms with Crippen molar-refractivity contribution in [3.8, 4) is 0 Å². The van der Waals surface area contributed by atoms with E-state index in [0.29, 0.717) is 4.90 Å². The Labute approximate surface area is 141 Å². The monoisotopic (exact) mass is 373 g/mol. The summed E-state index contributed by atoms with van der Waals surface area (Å²) in [7, 11) is -4.06. The van der Waals surface area contributed by atoms with Crippen molar-refractivity contribution < 1.29 is 26.7 Å². The van der Waals surface area contributed by atoms with E-state index < -0.39 is 32.3 Å². The van der Waals surface area contributed by atoms with Crippen molar-refractivity contribution in [1.82, 2.24) is 0 Å². The molecular weight excluding hydrogens is 360 g/mol. The van der Waals surface area contributed by atoms with Crippen LogP contribution < -0.4 is 5.14 Å². The maximum absolute atomic E-state index is 13.6. The number of benzene rings is 2. The van der Waals surface area contributed by atoms with Gasteiger partial charge in [-0.25, -0.2) is 27.1 Å². The van der Waals surface area contributed by atoms with Gasteiger partial charge in [0.15, 0.2) is 0 Å². The minimum atomic E-state index is -4.06. The summed E-state index contributed by atoms with van der Waals surface area (Å²) in [6.07, 6.45) is 0. The summed E-state index contributed by atoms with van der Waals surface area (Å²) in [6, 6.07) is 8.71. The van der Waals surface area contributed by atoms with Crippen LogP contribution in [0.25, 0.3) is 0 Å². The van der Waals surface area contributed by atoms with Crippen molar-refractivity contribution in [2.24, 2.45) is 5.14 Å². The van der Waals surface area contributed by atoms with E-state index in [2.05, 4.69) is 0 Å². The Hall–Kier alpha value is -1.97. The lowest BCUT2D eigenvalue weighted by molar-refractivity contribution is 0.0524. The Balaban J connectivity index is 1.97. The minimum Gasteiger partial charge on any atom is -0.461 e. The zero-order chi connectivity index (χ0) is 17.7. The first-order chi connectivity index (χ1) is 11.3. The molecule has 24 heavy (non-hydrogen) atoms. The van der Waals surface area contributed by atoms with E-state index in [-0.39, 0.29) is 18.2 Å². The van der Waals surface area contributed by atoms with E-state index in [1.807, 2.05) is 0 Å². The summed E-state index contributed by atoms with van der Waals surface area (Å²) in [4.78, 5) is 11.8. The Morgan fingerprint density at radius 2 is 1.83 bits per heavy atom. The molecule has 0 amide bonds. The van der Waals surface area contributed by atoms with E-state index >= 15 is 0 Å². The van der Waals surface area contributed by atoms with Crippen molar-refractivity contribution in [2.75, 3.05) is 12.4 Å². The van der Waals surface area contributed by atoms with Gasteiger partial charge in [-0.15, -0.1) is 11.8 Å². The molecule has 0 bridgehead atoms. The van der Waals surface area contributed by atoms with Gasteiger partial charge in [0.05, 0.1) is 10.5 Å². The number of hydrogen-bond donors (Lipinski definition) is 1. The first-order valence-electron chi connectivity index (χ1n) is 6.66. The first kappa shape index (κ1) is 18.4. The Bertz CT molecular complexity index is 856. The van der Waals surface area contributed by atoms with E-state index in [1.54, 1.807) is 18.2 Å². The van der Waals surface area contributed by atoms with Crippen molar-refractivity contribution >= 4 is 27.8 Å². The van der Waals surface area contributed by atoms with Crippen molar-refractivity contribution in [2.45, 2.75) is 9.79 Å². The summed E-state index contributed by atoms with van der Waals surface area (Å²) < 4.78 is 54.4. The third-order valence-electron chi connectivity index (χ3n) is 2.90. The van der Waals surface area contributed by atoms with Gasteiger partial charge in [0.25, 0.3) is 0 Å². The van der Waals surface area contributed by atoms with Crippen LogP contribution in [0, 0.1) is 11.6 Å². The first-order valence-corrected chi connectivity index (χ1v) is 9.19. The smallest absolute Gasteiger partial charge is 0.341 e. The van der Waals surface area contributed by atoms with Crippen LogP contribution in [0.4, 0.5) is 8.78 Å². The SMILES string of the molecule is NS(=O)(=O)c1ccc(F)c(C(=O)OCCSc2ccccc2F)c1. The summed E-state index contributed by atoms with van der Waals surface area (Å²) in [5.74, 6) is -2.08. The molecule has 9 heteroatoms. The molecule has 2 rings (SSSR count). The molecule has 0 atom stereocenters. The minimum absolute atomic E-state index is 0.100. The highest BCUT2D eigenvalue weighted by atomic mass is 32.2. The standard InChI is InChI=1S/C15H13F2NO4S2/c16-12-6-5-10(24(18,20)21)9-11(12)15(19)22-7-8-23-14-4-2-1-3-13(14)17/h1-6,9H,7-8H2,(H2,18,20,21). The second-order valence-corrected chi connectivity index (χ2v) is 7.30. The Kier molecular flexibility index (Phi) is 5.92. The maximum atomic E-state index is 13.6. The number of nitrogens with two attached hydrogens (primary N) is 1. The molecule has 0 radical (unpaired) electrons. The largest absolute Gasteiger partial charge is 0.461 e. The molecule has 0 heterocycles. The van der Waals surface area contributed by atoms with E-state index in [0.717, 1.165) is 30.0 Å². The highest BCUT2D eigenvalue weighted by Crippen LogP contribution is 2.21. The van der Waals surface area contributed by atoms with Gasteiger partial charge in [0.1, 0.15) is 18.2 Å². The molecule has 2 aromatic rings. The van der Waals surface area contributed by atoms with Crippen molar-refractivity contribution in [1.29, 1.82) is 0 Å². The maximum Gasteiger partial charge on any atom is 0.341 e. The molecule has 2 aromatic carbocycles. The number of halogens is 2. The highest BCUT2D eigenvalue weighted by Gasteiger charge is 2.18. The van der Waals surface area contributed by atoms with Crippen LogP contribution in [0.3, 0.4) is 0 Å². The van der Waals surface area contributed by atoms with Gasteiger partial charge < -0.3 is 4.74 Å². The van der Waals surface area contributed by atoms with Crippen LogP contribution >= 0.6 is 11.8 Å². The van der Waals surface area contributed by atoms with Gasteiger partial charge in [0, 0.05) is 10.6 Å². The molecule has 0 unspecified atom stereocenters. The number of carbonyl (C=O) groups is 1. The molecule has 2 N–H and O–H groups in total. The van der Waals surface area contributed by atoms with Crippen LogP contribution in [-0.2, 0) is 14.8 Å². The molecule has 0 aliphatic heterocycles. The average Bonchev–Trinajstić information content (AvgIpc) is 2.52. The normalized spacial score (nSPS) is 11.3. The fourth-order valence-electron chi connectivity index (χ4n) is 1.76. The van der Waals surface area contributed by atoms with Gasteiger partial charge in [-0.05, 0) is 30.3 Å². The molecule has 5 nitrogen and oxygen atoms in total. The van der Waals surface area contributed by atoms with E-state index in [1.165, 1.54) is 6.07 Å². The van der Waals surface area contributed by atoms with Crippen molar-refractivity contribution in [3.05, 3.63) is 59.7 Å². The third-order valence-corrected chi connectivity index (χ3v) is 4.82. The predicted octanol–water partition coefficient (Wildman–Crippen LogP) is 2.56. The second kappa shape index (κ2) is 7.73. The molecule has 0 saturated heterocycles. The molecule has 0 spiro atoms. The third kappa shape index (κ3) is 4.76. The number of hydrogen-bond acceptors (Lipinski definition) is 5. The van der Waals surface area contributed by atoms with E-state index in [9.17, 15) is 22.0 Å². The molecule has 0 aliphatic rings. The quantitative estimate of drug-likeness (QED) is 0.478. The summed E-state index contributed by atoms with van der Waals surface area (Å²) in [5.41, 5.74) is -0.530.